The lowest BCUT2D eigenvalue weighted by Gasteiger charge is -2.10. The van der Waals surface area contributed by atoms with Gasteiger partial charge < -0.3 is 14.8 Å². The average Bonchev–Trinajstić information content (AvgIpc) is 3.30. The molecule has 0 aliphatic heterocycles. The molecule has 4 rings (SSSR count). The number of carbonyl (C=O) groups is 1. The number of amides is 1. The first-order chi connectivity index (χ1) is 14.1. The summed E-state index contributed by atoms with van der Waals surface area (Å²) in [5.74, 6) is 0.690. The van der Waals surface area contributed by atoms with Crippen LogP contribution in [0.4, 0.5) is 10.1 Å². The number of rotatable bonds is 6. The fourth-order valence-corrected chi connectivity index (χ4v) is 3.87. The minimum atomic E-state index is -0.290. The maximum atomic E-state index is 13.1. The van der Waals surface area contributed by atoms with Crippen LogP contribution in [-0.2, 0) is 11.2 Å². The van der Waals surface area contributed by atoms with Crippen molar-refractivity contribution in [1.29, 1.82) is 0 Å². The number of ether oxygens (including phenoxy) is 2. The highest BCUT2D eigenvalue weighted by atomic mass is 32.1. The van der Waals surface area contributed by atoms with Gasteiger partial charge in [0, 0.05) is 34.6 Å². The van der Waals surface area contributed by atoms with Gasteiger partial charge in [0.1, 0.15) is 5.82 Å². The summed E-state index contributed by atoms with van der Waals surface area (Å²) in [4.78, 5) is 17.9. The first-order valence-electron chi connectivity index (χ1n) is 8.80. The van der Waals surface area contributed by atoms with E-state index in [0.29, 0.717) is 17.2 Å². The van der Waals surface area contributed by atoms with E-state index in [-0.39, 0.29) is 18.1 Å². The first-order valence-corrected chi connectivity index (χ1v) is 9.68. The zero-order valence-electron chi connectivity index (χ0n) is 15.8. The van der Waals surface area contributed by atoms with E-state index in [0.717, 1.165) is 21.9 Å². The predicted molar refractivity (Wildman–Crippen MR) is 110 cm³/mol. The zero-order chi connectivity index (χ0) is 20.4. The van der Waals surface area contributed by atoms with Crippen molar-refractivity contribution in [3.8, 4) is 22.8 Å². The van der Waals surface area contributed by atoms with Gasteiger partial charge >= 0.3 is 0 Å². The largest absolute Gasteiger partial charge is 0.493 e. The van der Waals surface area contributed by atoms with Crippen molar-refractivity contribution >= 4 is 27.9 Å². The van der Waals surface area contributed by atoms with Gasteiger partial charge in [0.15, 0.2) is 16.5 Å². The highest BCUT2D eigenvalue weighted by molar-refractivity contribution is 7.15. The number of nitrogens with zero attached hydrogens (tertiary/aromatic N) is 2. The molecule has 0 atom stereocenters. The third-order valence-corrected chi connectivity index (χ3v) is 5.32. The molecule has 0 saturated carbocycles. The van der Waals surface area contributed by atoms with Crippen LogP contribution in [-0.4, -0.2) is 29.5 Å². The number of methoxy groups -OCH3 is 2. The molecule has 2 aromatic heterocycles. The molecule has 0 aliphatic carbocycles. The van der Waals surface area contributed by atoms with Crippen LogP contribution >= 0.6 is 11.3 Å². The lowest BCUT2D eigenvalue weighted by molar-refractivity contribution is -0.115. The molecule has 8 heteroatoms. The fourth-order valence-electron chi connectivity index (χ4n) is 3.00. The number of fused-ring (bicyclic) bond motifs is 1. The van der Waals surface area contributed by atoms with Crippen LogP contribution in [0.15, 0.2) is 54.0 Å². The smallest absolute Gasteiger partial charge is 0.230 e. The molecule has 29 heavy (non-hydrogen) atoms. The molecular weight excluding hydrogens is 393 g/mol. The third kappa shape index (κ3) is 3.93. The molecule has 0 fully saturated rings. The molecule has 148 valence electrons. The summed E-state index contributed by atoms with van der Waals surface area (Å²) < 4.78 is 25.5. The van der Waals surface area contributed by atoms with Crippen LogP contribution in [0, 0.1) is 5.82 Å². The van der Waals surface area contributed by atoms with Crippen molar-refractivity contribution in [1.82, 2.24) is 9.38 Å². The number of nitrogens with one attached hydrogen (secondary N) is 1. The van der Waals surface area contributed by atoms with E-state index in [2.05, 4.69) is 10.3 Å². The lowest BCUT2D eigenvalue weighted by atomic mass is 10.2. The van der Waals surface area contributed by atoms with E-state index in [1.165, 1.54) is 23.5 Å². The Morgan fingerprint density at radius 1 is 1.14 bits per heavy atom. The number of anilines is 1. The standard InChI is InChI=1S/C21H18FN3O3S/c1-27-18-8-7-15(9-19(18)28-2)23-20(26)10-16-12-29-21-24-17(11-25(16)21)13-3-5-14(22)6-4-13/h3-9,11-12H,10H2,1-2H3,(H,23,26). The van der Waals surface area contributed by atoms with Crippen molar-refractivity contribution in [2.45, 2.75) is 6.42 Å². The minimum absolute atomic E-state index is 0.158. The van der Waals surface area contributed by atoms with Gasteiger partial charge in [-0.3, -0.25) is 9.20 Å². The fraction of sp³-hybridized carbons (Fsp3) is 0.143. The van der Waals surface area contributed by atoms with Crippen LogP contribution in [0.1, 0.15) is 5.69 Å². The summed E-state index contributed by atoms with van der Waals surface area (Å²) in [6, 6.07) is 11.4. The summed E-state index contributed by atoms with van der Waals surface area (Å²) >= 11 is 1.45. The Morgan fingerprint density at radius 3 is 2.62 bits per heavy atom. The van der Waals surface area contributed by atoms with E-state index < -0.39 is 0 Å². The van der Waals surface area contributed by atoms with E-state index >= 15 is 0 Å². The summed E-state index contributed by atoms with van der Waals surface area (Å²) in [6.45, 7) is 0. The van der Waals surface area contributed by atoms with Gasteiger partial charge in [-0.15, -0.1) is 11.3 Å². The average molecular weight is 411 g/mol. The topological polar surface area (TPSA) is 64.9 Å². The molecule has 0 saturated heterocycles. The van der Waals surface area contributed by atoms with Crippen molar-refractivity contribution in [3.63, 3.8) is 0 Å². The second kappa shape index (κ2) is 7.92. The second-order valence-corrected chi connectivity index (χ2v) is 7.14. The van der Waals surface area contributed by atoms with Gasteiger partial charge in [0.2, 0.25) is 5.91 Å². The molecule has 1 amide bonds. The first kappa shape index (κ1) is 18.9. The van der Waals surface area contributed by atoms with Gasteiger partial charge in [0.25, 0.3) is 0 Å². The number of imidazole rings is 1. The van der Waals surface area contributed by atoms with Gasteiger partial charge in [-0.2, -0.15) is 0 Å². The molecule has 2 aromatic carbocycles. The number of hydrogen-bond donors (Lipinski definition) is 1. The number of hydrogen-bond acceptors (Lipinski definition) is 5. The summed E-state index contributed by atoms with van der Waals surface area (Å²) in [6.07, 6.45) is 2.05. The number of halogens is 1. The van der Waals surface area contributed by atoms with Crippen molar-refractivity contribution in [2.24, 2.45) is 0 Å². The van der Waals surface area contributed by atoms with Gasteiger partial charge in [-0.05, 0) is 36.4 Å². The third-order valence-electron chi connectivity index (χ3n) is 4.43. The Bertz CT molecular complexity index is 1170. The van der Waals surface area contributed by atoms with Crippen molar-refractivity contribution in [3.05, 3.63) is 65.6 Å². The molecule has 0 radical (unpaired) electrons. The highest BCUT2D eigenvalue weighted by Gasteiger charge is 2.14. The molecule has 1 N–H and O–H groups in total. The molecule has 4 aromatic rings. The lowest BCUT2D eigenvalue weighted by Crippen LogP contribution is -2.15. The van der Waals surface area contributed by atoms with Crippen molar-refractivity contribution < 1.29 is 18.7 Å². The number of benzene rings is 2. The van der Waals surface area contributed by atoms with Crippen LogP contribution in [0.25, 0.3) is 16.2 Å². The van der Waals surface area contributed by atoms with E-state index in [1.54, 1.807) is 44.6 Å². The Hall–Kier alpha value is -3.39. The zero-order valence-corrected chi connectivity index (χ0v) is 16.6. The van der Waals surface area contributed by atoms with Crippen molar-refractivity contribution in [2.75, 3.05) is 19.5 Å². The minimum Gasteiger partial charge on any atom is -0.493 e. The molecular formula is C21H18FN3O3S. The number of aromatic nitrogens is 2. The number of carbonyl (C=O) groups excluding carboxylic acids is 1. The Labute approximate surface area is 170 Å². The maximum absolute atomic E-state index is 13.1. The quantitative estimate of drug-likeness (QED) is 0.511. The summed E-state index contributed by atoms with van der Waals surface area (Å²) in [5.41, 5.74) is 3.00. The SMILES string of the molecule is COc1ccc(NC(=O)Cc2csc3nc(-c4ccc(F)cc4)cn23)cc1OC. The molecule has 0 unspecified atom stereocenters. The maximum Gasteiger partial charge on any atom is 0.230 e. The summed E-state index contributed by atoms with van der Waals surface area (Å²) in [5, 5.41) is 4.78. The van der Waals surface area contributed by atoms with Crippen LogP contribution in [0.3, 0.4) is 0 Å². The van der Waals surface area contributed by atoms with E-state index in [4.69, 9.17) is 9.47 Å². The highest BCUT2D eigenvalue weighted by Crippen LogP contribution is 2.30. The predicted octanol–water partition coefficient (Wildman–Crippen LogP) is 4.40. The van der Waals surface area contributed by atoms with Crippen LogP contribution in [0.5, 0.6) is 11.5 Å². The van der Waals surface area contributed by atoms with Gasteiger partial charge in [-0.1, -0.05) is 0 Å². The van der Waals surface area contributed by atoms with Crippen LogP contribution < -0.4 is 14.8 Å². The number of thiazole rings is 1. The Morgan fingerprint density at radius 2 is 1.90 bits per heavy atom. The second-order valence-electron chi connectivity index (χ2n) is 6.31. The van der Waals surface area contributed by atoms with E-state index in [1.807, 2.05) is 16.0 Å². The van der Waals surface area contributed by atoms with Gasteiger partial charge in [-0.25, -0.2) is 9.37 Å². The van der Waals surface area contributed by atoms with Gasteiger partial charge in [0.05, 0.1) is 26.3 Å². The molecule has 0 aliphatic rings. The normalized spacial score (nSPS) is 10.9. The molecule has 0 bridgehead atoms. The molecule has 0 spiro atoms. The molecule has 2 heterocycles. The Kier molecular flexibility index (Phi) is 5.18. The van der Waals surface area contributed by atoms with Crippen LogP contribution in [0.2, 0.25) is 0 Å². The van der Waals surface area contributed by atoms with E-state index in [9.17, 15) is 9.18 Å². The summed E-state index contributed by atoms with van der Waals surface area (Å²) in [7, 11) is 3.10. The molecule has 6 nitrogen and oxygen atoms in total. The Balaban J connectivity index is 1.52. The monoisotopic (exact) mass is 411 g/mol.